The normalized spacial score (nSPS) is 12.3. The number of fused-ring (bicyclic) bond motifs is 1. The molecule has 0 fully saturated rings. The summed E-state index contributed by atoms with van der Waals surface area (Å²) in [5.41, 5.74) is 3.62. The molecule has 0 amide bonds. The minimum atomic E-state index is -1.92. The lowest BCUT2D eigenvalue weighted by Crippen LogP contribution is -2.12. The van der Waals surface area contributed by atoms with Gasteiger partial charge in [0.05, 0.1) is 23.9 Å². The van der Waals surface area contributed by atoms with E-state index in [0.717, 1.165) is 16.5 Å². The van der Waals surface area contributed by atoms with Crippen molar-refractivity contribution in [2.75, 3.05) is 13.3 Å². The molecule has 0 saturated carbocycles. The van der Waals surface area contributed by atoms with Gasteiger partial charge < -0.3 is 5.11 Å². The lowest BCUT2D eigenvalue weighted by atomic mass is 9.90. The van der Waals surface area contributed by atoms with Gasteiger partial charge in [0, 0.05) is 17.4 Å². The van der Waals surface area contributed by atoms with E-state index >= 15 is 0 Å². The third-order valence-corrected chi connectivity index (χ3v) is 6.13. The van der Waals surface area contributed by atoms with Gasteiger partial charge in [-0.1, -0.05) is 43.9 Å². The zero-order valence-corrected chi connectivity index (χ0v) is 19.0. The minimum absolute atomic E-state index is 0.0812. The van der Waals surface area contributed by atoms with Gasteiger partial charge in [-0.25, -0.2) is 9.37 Å². The van der Waals surface area contributed by atoms with Crippen LogP contribution in [0, 0.1) is 23.6 Å². The maximum absolute atomic E-state index is 13.5. The predicted octanol–water partition coefficient (Wildman–Crippen LogP) is 6.00. The molecule has 0 saturated heterocycles. The Kier molecular flexibility index (Phi) is 7.69. The van der Waals surface area contributed by atoms with Crippen molar-refractivity contribution in [2.24, 2.45) is 5.92 Å². The maximum Gasteiger partial charge on any atom is 0.507 e. The zero-order valence-electron chi connectivity index (χ0n) is 18.1. The molecular formula is C25H24FNO4P+. The van der Waals surface area contributed by atoms with Crippen molar-refractivity contribution in [2.45, 2.75) is 26.2 Å². The molecule has 3 rings (SSSR count). The molecule has 2 atom stereocenters. The number of benzene rings is 2. The summed E-state index contributed by atoms with van der Waals surface area (Å²) in [4.78, 5) is 16.5. The number of rotatable bonds is 7. The van der Waals surface area contributed by atoms with E-state index in [2.05, 4.69) is 11.8 Å². The number of aliphatic carboxylic acids is 1. The third kappa shape index (κ3) is 5.37. The Morgan fingerprint density at radius 1 is 1.19 bits per heavy atom. The fourth-order valence-corrected chi connectivity index (χ4v) is 4.17. The Morgan fingerprint density at radius 3 is 2.50 bits per heavy atom. The largest absolute Gasteiger partial charge is 0.507 e. The first-order chi connectivity index (χ1) is 15.3. The Morgan fingerprint density at radius 2 is 1.88 bits per heavy atom. The second kappa shape index (κ2) is 10.5. The molecule has 7 heteroatoms. The van der Waals surface area contributed by atoms with Gasteiger partial charge in [0.2, 0.25) is 0 Å². The van der Waals surface area contributed by atoms with Crippen LogP contribution in [0.2, 0.25) is 0 Å². The van der Waals surface area contributed by atoms with Gasteiger partial charge >= 0.3 is 14.0 Å². The molecule has 1 heterocycles. The van der Waals surface area contributed by atoms with Crippen molar-refractivity contribution >= 4 is 24.9 Å². The number of pyridine rings is 1. The van der Waals surface area contributed by atoms with Gasteiger partial charge in [-0.3, -0.25) is 4.79 Å². The first-order valence-electron chi connectivity index (χ1n) is 10.2. The van der Waals surface area contributed by atoms with Crippen LogP contribution < -0.4 is 0 Å². The molecule has 5 nitrogen and oxygen atoms in total. The van der Waals surface area contributed by atoms with E-state index in [-0.39, 0.29) is 24.3 Å². The van der Waals surface area contributed by atoms with Crippen molar-refractivity contribution < 1.29 is 23.4 Å². The van der Waals surface area contributed by atoms with Gasteiger partial charge in [-0.15, -0.1) is 4.52 Å². The van der Waals surface area contributed by atoms with E-state index in [1.165, 1.54) is 19.2 Å². The third-order valence-electron chi connectivity index (χ3n) is 5.10. The van der Waals surface area contributed by atoms with Crippen LogP contribution >= 0.6 is 8.03 Å². The van der Waals surface area contributed by atoms with E-state index < -0.39 is 19.9 Å². The number of carboxylic acids is 1. The molecule has 1 N–H and O–H groups in total. The highest BCUT2D eigenvalue weighted by molar-refractivity contribution is 7.39. The standard InChI is InChI=1S/C25H23FNO4P/c1-16(2)23-20-6-4-5-7-22(20)27-24(17-8-11-19(26)12-9-17)21(23)13-10-18(25(28)29)14-15-32(30)31-3/h4-9,11-12,16,18H,14-15H2,1-3H3/p+1. The number of para-hydroxylation sites is 1. The van der Waals surface area contributed by atoms with Gasteiger partial charge in [0.15, 0.2) is 6.16 Å². The number of hydrogen-bond donors (Lipinski definition) is 1. The van der Waals surface area contributed by atoms with Crippen LogP contribution in [0.15, 0.2) is 48.5 Å². The van der Waals surface area contributed by atoms with Gasteiger partial charge in [0.1, 0.15) is 11.7 Å². The van der Waals surface area contributed by atoms with Crippen LogP contribution in [0.4, 0.5) is 4.39 Å². The highest BCUT2D eigenvalue weighted by Gasteiger charge is 2.23. The number of halogens is 1. The monoisotopic (exact) mass is 452 g/mol. The highest BCUT2D eigenvalue weighted by atomic mass is 31.1. The van der Waals surface area contributed by atoms with Crippen LogP contribution in [-0.2, 0) is 13.9 Å². The topological polar surface area (TPSA) is 76.5 Å². The molecule has 0 bridgehead atoms. The molecule has 0 aliphatic rings. The van der Waals surface area contributed by atoms with E-state index in [0.29, 0.717) is 16.8 Å². The molecule has 0 spiro atoms. The Bertz CT molecular complexity index is 1210. The van der Waals surface area contributed by atoms with Crippen molar-refractivity contribution in [1.29, 1.82) is 0 Å². The number of carboxylic acid groups (broad SMARTS) is 1. The fraction of sp³-hybridized carbons (Fsp3) is 0.280. The first kappa shape index (κ1) is 23.5. The number of carbonyl (C=O) groups is 1. The predicted molar refractivity (Wildman–Crippen MR) is 123 cm³/mol. The van der Waals surface area contributed by atoms with Crippen molar-refractivity contribution in [1.82, 2.24) is 4.98 Å². The van der Waals surface area contributed by atoms with Crippen LogP contribution in [0.5, 0.6) is 0 Å². The molecule has 2 aromatic carbocycles. The van der Waals surface area contributed by atoms with Crippen molar-refractivity contribution in [3.05, 3.63) is 65.5 Å². The quantitative estimate of drug-likeness (QED) is 0.352. The van der Waals surface area contributed by atoms with Gasteiger partial charge in [0.25, 0.3) is 0 Å². The molecule has 3 aromatic rings. The lowest BCUT2D eigenvalue weighted by Gasteiger charge is -2.17. The first-order valence-corrected chi connectivity index (χ1v) is 11.6. The molecule has 2 unspecified atom stereocenters. The van der Waals surface area contributed by atoms with Crippen LogP contribution in [-0.4, -0.2) is 29.3 Å². The summed E-state index contributed by atoms with van der Waals surface area (Å²) in [6.07, 6.45) is 0.213. The zero-order chi connectivity index (χ0) is 23.3. The van der Waals surface area contributed by atoms with Crippen molar-refractivity contribution in [3.63, 3.8) is 0 Å². The average Bonchev–Trinajstić information content (AvgIpc) is 2.78. The maximum atomic E-state index is 13.5. The van der Waals surface area contributed by atoms with Crippen LogP contribution in [0.1, 0.15) is 37.3 Å². The molecule has 0 aliphatic heterocycles. The van der Waals surface area contributed by atoms with Gasteiger partial charge in [-0.2, -0.15) is 0 Å². The van der Waals surface area contributed by atoms with E-state index in [4.69, 9.17) is 9.51 Å². The van der Waals surface area contributed by atoms with Crippen LogP contribution in [0.3, 0.4) is 0 Å². The number of hydrogen-bond acceptors (Lipinski definition) is 4. The molecule has 1 aromatic heterocycles. The smallest absolute Gasteiger partial charge is 0.480 e. The van der Waals surface area contributed by atoms with E-state index in [1.54, 1.807) is 12.1 Å². The molecule has 32 heavy (non-hydrogen) atoms. The summed E-state index contributed by atoms with van der Waals surface area (Å²) in [5.74, 6) is 3.56. The van der Waals surface area contributed by atoms with Crippen molar-refractivity contribution in [3.8, 4) is 23.1 Å². The Balaban J connectivity index is 2.22. The molecular weight excluding hydrogens is 428 g/mol. The second-order valence-electron chi connectivity index (χ2n) is 7.62. The highest BCUT2D eigenvalue weighted by Crippen LogP contribution is 2.34. The Hall–Kier alpha value is -3.13. The fourth-order valence-electron chi connectivity index (χ4n) is 3.52. The SMILES string of the molecule is CO[P+](=O)CCC(C#Cc1c(-c2ccc(F)cc2)nc2ccccc2c1C(C)C)C(=O)O. The van der Waals surface area contributed by atoms with Gasteiger partial charge in [-0.05, 0) is 46.4 Å². The second-order valence-corrected chi connectivity index (χ2v) is 9.09. The summed E-state index contributed by atoms with van der Waals surface area (Å²) >= 11 is 0. The number of aromatic nitrogens is 1. The summed E-state index contributed by atoms with van der Waals surface area (Å²) in [7, 11) is -0.591. The molecule has 0 aliphatic carbocycles. The molecule has 0 radical (unpaired) electrons. The molecule has 164 valence electrons. The minimum Gasteiger partial charge on any atom is -0.480 e. The van der Waals surface area contributed by atoms with E-state index in [1.807, 2.05) is 38.1 Å². The summed E-state index contributed by atoms with van der Waals surface area (Å²) in [6, 6.07) is 13.7. The van der Waals surface area contributed by atoms with E-state index in [9.17, 15) is 18.9 Å². The average molecular weight is 452 g/mol. The van der Waals surface area contributed by atoms with Crippen LogP contribution in [0.25, 0.3) is 22.2 Å². The summed E-state index contributed by atoms with van der Waals surface area (Å²) < 4.78 is 29.9. The summed E-state index contributed by atoms with van der Waals surface area (Å²) in [6.45, 7) is 4.08. The number of nitrogens with zero attached hydrogens (tertiary/aromatic N) is 1. The summed E-state index contributed by atoms with van der Waals surface area (Å²) in [5, 5.41) is 10.5. The lowest BCUT2D eigenvalue weighted by molar-refractivity contribution is -0.139. The Labute approximate surface area is 187 Å².